The Labute approximate surface area is 147 Å². The van der Waals surface area contributed by atoms with Crippen molar-refractivity contribution < 1.29 is 14.7 Å². The highest BCUT2D eigenvalue weighted by atomic mass is 16.3. The van der Waals surface area contributed by atoms with Crippen LogP contribution >= 0.6 is 0 Å². The van der Waals surface area contributed by atoms with Gasteiger partial charge >= 0.3 is 0 Å². The zero-order valence-corrected chi connectivity index (χ0v) is 16.1. The molecule has 0 spiro atoms. The van der Waals surface area contributed by atoms with Gasteiger partial charge in [-0.3, -0.25) is 9.59 Å². The maximum Gasteiger partial charge on any atom is 0.152 e. The van der Waals surface area contributed by atoms with Crippen molar-refractivity contribution in [2.24, 2.45) is 11.8 Å². The second-order valence-corrected chi connectivity index (χ2v) is 6.90. The molecule has 0 radical (unpaired) electrons. The lowest BCUT2D eigenvalue weighted by Crippen LogP contribution is -2.47. The van der Waals surface area contributed by atoms with Crippen molar-refractivity contribution in [3.05, 3.63) is 12.2 Å². The van der Waals surface area contributed by atoms with E-state index in [-0.39, 0.29) is 29.4 Å². The van der Waals surface area contributed by atoms with Crippen LogP contribution in [0.15, 0.2) is 12.2 Å². The zero-order valence-electron chi connectivity index (χ0n) is 16.1. The van der Waals surface area contributed by atoms with E-state index in [4.69, 9.17) is 0 Å². The summed E-state index contributed by atoms with van der Waals surface area (Å²) in [6, 6.07) is -0.703. The minimum Gasteiger partial charge on any atom is -0.391 e. The first-order chi connectivity index (χ1) is 11.3. The van der Waals surface area contributed by atoms with Crippen LogP contribution in [-0.4, -0.2) is 48.5 Å². The summed E-state index contributed by atoms with van der Waals surface area (Å²) in [6.07, 6.45) is 5.04. The fraction of sp³-hybridized carbons (Fsp3) is 0.789. The molecule has 0 saturated carbocycles. The van der Waals surface area contributed by atoms with Crippen LogP contribution in [0.2, 0.25) is 0 Å². The highest BCUT2D eigenvalue weighted by Crippen LogP contribution is 2.14. The number of carbonyl (C=O) groups is 2. The predicted molar refractivity (Wildman–Crippen MR) is 99.0 cm³/mol. The van der Waals surface area contributed by atoms with E-state index in [1.807, 2.05) is 39.8 Å². The van der Waals surface area contributed by atoms with Gasteiger partial charge in [-0.15, -0.1) is 0 Å². The normalized spacial score (nSPS) is 17.0. The molecule has 0 aromatic heterocycles. The van der Waals surface area contributed by atoms with Crippen molar-refractivity contribution in [2.45, 2.75) is 72.1 Å². The number of carbonyl (C=O) groups excluding carboxylic acids is 2. The minimum atomic E-state index is -0.702. The van der Waals surface area contributed by atoms with Crippen LogP contribution in [0.25, 0.3) is 0 Å². The molecule has 0 saturated heterocycles. The van der Waals surface area contributed by atoms with Crippen molar-refractivity contribution >= 4 is 11.6 Å². The van der Waals surface area contributed by atoms with Crippen LogP contribution in [-0.2, 0) is 9.59 Å². The second kappa shape index (κ2) is 12.3. The topological polar surface area (TPSA) is 78.4 Å². The van der Waals surface area contributed by atoms with Gasteiger partial charge in [-0.05, 0) is 52.1 Å². The number of hydrogen-bond acceptors (Lipinski definition) is 5. The van der Waals surface area contributed by atoms with Gasteiger partial charge in [-0.25, -0.2) is 0 Å². The van der Waals surface area contributed by atoms with Crippen LogP contribution in [0, 0.1) is 11.8 Å². The number of likely N-dealkylation sites (N-methyl/N-ethyl adjacent to an activating group) is 1. The van der Waals surface area contributed by atoms with Crippen molar-refractivity contribution in [1.82, 2.24) is 10.6 Å². The highest BCUT2D eigenvalue weighted by Gasteiger charge is 2.28. The molecule has 0 fully saturated rings. The van der Waals surface area contributed by atoms with Gasteiger partial charge in [0.2, 0.25) is 0 Å². The Morgan fingerprint density at radius 3 is 2.25 bits per heavy atom. The van der Waals surface area contributed by atoms with E-state index in [9.17, 15) is 14.7 Å². The number of allylic oxidation sites excluding steroid dienone is 2. The molecule has 0 amide bonds. The number of ketones is 2. The Kier molecular flexibility index (Phi) is 11.8. The number of rotatable bonds is 13. The number of aliphatic hydroxyl groups is 1. The molecule has 0 rings (SSSR count). The van der Waals surface area contributed by atoms with E-state index in [1.54, 1.807) is 14.0 Å². The molecule has 3 unspecified atom stereocenters. The van der Waals surface area contributed by atoms with Gasteiger partial charge in [0.1, 0.15) is 5.78 Å². The summed E-state index contributed by atoms with van der Waals surface area (Å²) < 4.78 is 0. The summed E-state index contributed by atoms with van der Waals surface area (Å²) in [5.74, 6) is 0.391. The third-order valence-electron chi connectivity index (χ3n) is 4.39. The average Bonchev–Trinajstić information content (AvgIpc) is 2.51. The maximum absolute atomic E-state index is 12.4. The zero-order chi connectivity index (χ0) is 18.7. The Bertz CT molecular complexity index is 407. The van der Waals surface area contributed by atoms with E-state index in [2.05, 4.69) is 10.6 Å². The molecule has 0 heterocycles. The van der Waals surface area contributed by atoms with Gasteiger partial charge in [0, 0.05) is 6.42 Å². The molecule has 0 aliphatic rings. The van der Waals surface area contributed by atoms with Crippen LogP contribution in [0.4, 0.5) is 0 Å². The van der Waals surface area contributed by atoms with Crippen molar-refractivity contribution in [1.29, 1.82) is 0 Å². The molecular weight excluding hydrogens is 304 g/mol. The molecule has 0 bridgehead atoms. The Hall–Kier alpha value is -1.04. The van der Waals surface area contributed by atoms with Gasteiger partial charge in [-0.1, -0.05) is 32.9 Å². The number of aliphatic hydroxyl groups excluding tert-OH is 1. The number of nitrogens with one attached hydrogen (secondary N) is 2. The third-order valence-corrected chi connectivity index (χ3v) is 4.39. The molecular formula is C19H36N2O3. The molecule has 5 heteroatoms. The Morgan fingerprint density at radius 2 is 1.79 bits per heavy atom. The second-order valence-electron chi connectivity index (χ2n) is 6.90. The predicted octanol–water partition coefficient (Wildman–Crippen LogP) is 2.09. The Morgan fingerprint density at radius 1 is 1.17 bits per heavy atom. The van der Waals surface area contributed by atoms with Crippen molar-refractivity contribution in [3.63, 3.8) is 0 Å². The molecule has 0 aromatic rings. The van der Waals surface area contributed by atoms with Crippen LogP contribution in [0.3, 0.4) is 0 Å². The van der Waals surface area contributed by atoms with E-state index in [1.165, 1.54) is 0 Å². The SMILES string of the molecule is C/C=C/CC(C)C(O)C(NC)C(=O)CCCN[C@@H](C(C)=O)C(C)C. The quantitative estimate of drug-likeness (QED) is 0.353. The smallest absolute Gasteiger partial charge is 0.152 e. The summed E-state index contributed by atoms with van der Waals surface area (Å²) in [7, 11) is 1.71. The van der Waals surface area contributed by atoms with E-state index < -0.39 is 12.1 Å². The van der Waals surface area contributed by atoms with Gasteiger partial charge in [0.05, 0.1) is 18.2 Å². The highest BCUT2D eigenvalue weighted by molar-refractivity contribution is 5.84. The summed E-state index contributed by atoms with van der Waals surface area (Å²) in [5.41, 5.74) is 0. The van der Waals surface area contributed by atoms with Gasteiger partial charge in [0.15, 0.2) is 5.78 Å². The lowest BCUT2D eigenvalue weighted by atomic mass is 9.91. The fourth-order valence-electron chi connectivity index (χ4n) is 2.87. The number of Topliss-reactive ketones (excluding diaryl/α,β-unsaturated/α-hetero) is 2. The molecule has 0 aliphatic heterocycles. The van der Waals surface area contributed by atoms with Crippen LogP contribution in [0.5, 0.6) is 0 Å². The van der Waals surface area contributed by atoms with E-state index >= 15 is 0 Å². The average molecular weight is 341 g/mol. The first-order valence-corrected chi connectivity index (χ1v) is 8.99. The lowest BCUT2D eigenvalue weighted by molar-refractivity contribution is -0.124. The molecule has 4 atom stereocenters. The first kappa shape index (κ1) is 23.0. The van der Waals surface area contributed by atoms with Crippen LogP contribution in [0.1, 0.15) is 53.9 Å². The van der Waals surface area contributed by atoms with E-state index in [0.29, 0.717) is 19.4 Å². The van der Waals surface area contributed by atoms with Gasteiger partial charge in [0.25, 0.3) is 0 Å². The van der Waals surface area contributed by atoms with E-state index in [0.717, 1.165) is 6.42 Å². The van der Waals surface area contributed by atoms with Crippen molar-refractivity contribution in [2.75, 3.05) is 13.6 Å². The summed E-state index contributed by atoms with van der Waals surface area (Å²) in [5, 5.41) is 16.6. The molecule has 0 aromatic carbocycles. The molecule has 3 N–H and O–H groups in total. The third kappa shape index (κ3) is 8.18. The number of hydrogen-bond donors (Lipinski definition) is 3. The minimum absolute atomic E-state index is 0.0167. The lowest BCUT2D eigenvalue weighted by Gasteiger charge is -2.26. The molecule has 24 heavy (non-hydrogen) atoms. The summed E-state index contributed by atoms with van der Waals surface area (Å²) in [4.78, 5) is 23.9. The largest absolute Gasteiger partial charge is 0.391 e. The maximum atomic E-state index is 12.4. The van der Waals surface area contributed by atoms with Gasteiger partial charge < -0.3 is 15.7 Å². The Balaban J connectivity index is 4.39. The molecule has 5 nitrogen and oxygen atoms in total. The van der Waals surface area contributed by atoms with Crippen molar-refractivity contribution in [3.8, 4) is 0 Å². The summed E-state index contributed by atoms with van der Waals surface area (Å²) in [6.45, 7) is 10.1. The molecule has 140 valence electrons. The summed E-state index contributed by atoms with van der Waals surface area (Å²) >= 11 is 0. The van der Waals surface area contributed by atoms with Crippen LogP contribution < -0.4 is 10.6 Å². The standard InChI is InChI=1S/C19H36N2O3/c1-7-8-10-14(4)19(24)18(20-6)16(23)11-9-12-21-17(13(2)3)15(5)22/h7-8,13-14,17-21,24H,9-12H2,1-6H3/b8-7+/t14?,17-,18?,19?/m1/s1. The fourth-order valence-corrected chi connectivity index (χ4v) is 2.87. The monoisotopic (exact) mass is 340 g/mol. The molecule has 0 aliphatic carbocycles. The first-order valence-electron chi connectivity index (χ1n) is 8.99. The van der Waals surface area contributed by atoms with Gasteiger partial charge in [-0.2, -0.15) is 0 Å².